The normalized spacial score (nSPS) is 11.6. The fourth-order valence-electron chi connectivity index (χ4n) is 1.55. The first-order valence-corrected chi connectivity index (χ1v) is 4.55. The van der Waals surface area contributed by atoms with Crippen LogP contribution in [0.2, 0.25) is 0 Å². The number of aryl methyl sites for hydroxylation is 2. The number of rotatable bonds is 1. The molecule has 2 aromatic heterocycles. The molecule has 2 aromatic rings. The Morgan fingerprint density at radius 3 is 2.38 bits per heavy atom. The fraction of sp³-hybridized carbons (Fsp3) is 0.222. The first-order chi connectivity index (χ1) is 6.91. The summed E-state index contributed by atoms with van der Waals surface area (Å²) in [4.78, 5) is 0. The molecule has 7 heteroatoms. The second-order valence-corrected chi connectivity index (χ2v) is 3.57. The summed E-state index contributed by atoms with van der Waals surface area (Å²) >= 11 is 0. The molecule has 0 aromatic carbocycles. The van der Waals surface area contributed by atoms with Gasteiger partial charge in [-0.2, -0.15) is 5.10 Å². The van der Waals surface area contributed by atoms with Crippen molar-refractivity contribution in [3.05, 3.63) is 29.6 Å². The van der Waals surface area contributed by atoms with E-state index < -0.39 is 12.4 Å². The molecule has 2 rings (SSSR count). The third-order valence-electron chi connectivity index (χ3n) is 2.57. The van der Waals surface area contributed by atoms with Crippen LogP contribution in [0, 0.1) is 13.8 Å². The zero-order chi connectivity index (χ0) is 11.2. The molecule has 0 bridgehead atoms. The summed E-state index contributed by atoms with van der Waals surface area (Å²) < 4.78 is 39.1. The van der Waals surface area contributed by atoms with Gasteiger partial charge in [0.05, 0.1) is 0 Å². The van der Waals surface area contributed by atoms with Crippen LogP contribution in [0.25, 0.3) is 5.52 Å². The SMILES string of the molecule is Cc1ccc2c([B-](F)(F)F)cnn2c1C.[K+]. The van der Waals surface area contributed by atoms with Gasteiger partial charge in [-0.25, -0.2) is 4.52 Å². The number of fused-ring (bicyclic) bond motifs is 1. The van der Waals surface area contributed by atoms with Gasteiger partial charge in [0.1, 0.15) is 0 Å². The molecule has 0 aliphatic heterocycles. The zero-order valence-electron chi connectivity index (χ0n) is 9.34. The largest absolute Gasteiger partial charge is 1.00 e. The van der Waals surface area contributed by atoms with E-state index in [1.165, 1.54) is 10.6 Å². The molecule has 0 amide bonds. The topological polar surface area (TPSA) is 17.3 Å². The molecule has 2 heterocycles. The van der Waals surface area contributed by atoms with Crippen LogP contribution in [0.5, 0.6) is 0 Å². The summed E-state index contributed by atoms with van der Waals surface area (Å²) in [6.45, 7) is -1.39. The van der Waals surface area contributed by atoms with Gasteiger partial charge in [0.2, 0.25) is 0 Å². The van der Waals surface area contributed by atoms with E-state index in [2.05, 4.69) is 5.10 Å². The minimum Gasteiger partial charge on any atom is -0.445 e. The van der Waals surface area contributed by atoms with Gasteiger partial charge in [0.15, 0.2) is 0 Å². The maximum Gasteiger partial charge on any atom is 1.00 e. The van der Waals surface area contributed by atoms with Crippen LogP contribution >= 0.6 is 0 Å². The molecule has 80 valence electrons. The Hall–Kier alpha value is 0.181. The molecule has 0 radical (unpaired) electrons. The first-order valence-electron chi connectivity index (χ1n) is 4.55. The number of aromatic nitrogens is 2. The predicted molar refractivity (Wildman–Crippen MR) is 53.4 cm³/mol. The second kappa shape index (κ2) is 4.81. The second-order valence-electron chi connectivity index (χ2n) is 3.57. The summed E-state index contributed by atoms with van der Waals surface area (Å²) in [5.41, 5.74) is 1.16. The molecule has 0 unspecified atom stereocenters. The van der Waals surface area contributed by atoms with Gasteiger partial charge in [-0.15, -0.1) is 0 Å². The maximum absolute atomic E-state index is 12.6. The van der Waals surface area contributed by atoms with Crippen molar-refractivity contribution in [2.24, 2.45) is 0 Å². The summed E-state index contributed by atoms with van der Waals surface area (Å²) in [5.74, 6) is 0. The number of hydrogen-bond acceptors (Lipinski definition) is 1. The summed E-state index contributed by atoms with van der Waals surface area (Å²) in [5, 5.41) is 3.76. The maximum atomic E-state index is 12.6. The molecular weight excluding hydrogens is 243 g/mol. The standard InChI is InChI=1S/C9H9BF3N2.K/c1-6-3-4-9-8(10(11,12)13)5-14-15(9)7(6)2;/h3-5H,1-2H3;/q-1;+1. The van der Waals surface area contributed by atoms with E-state index in [1.54, 1.807) is 13.0 Å². The summed E-state index contributed by atoms with van der Waals surface area (Å²) in [6, 6.07) is 3.14. The van der Waals surface area contributed by atoms with Crippen molar-refractivity contribution in [2.45, 2.75) is 13.8 Å². The molecule has 0 fully saturated rings. The third kappa shape index (κ3) is 2.38. The minimum absolute atomic E-state index is 0. The van der Waals surface area contributed by atoms with Crippen molar-refractivity contribution in [1.29, 1.82) is 0 Å². The Morgan fingerprint density at radius 1 is 1.19 bits per heavy atom. The van der Waals surface area contributed by atoms with Crippen LogP contribution in [-0.2, 0) is 0 Å². The molecule has 0 N–H and O–H groups in total. The molecule has 0 saturated carbocycles. The van der Waals surface area contributed by atoms with Gasteiger partial charge in [-0.3, -0.25) is 0 Å². The van der Waals surface area contributed by atoms with E-state index in [0.717, 1.165) is 17.5 Å². The van der Waals surface area contributed by atoms with Crippen LogP contribution in [0.3, 0.4) is 0 Å². The monoisotopic (exact) mass is 252 g/mol. The van der Waals surface area contributed by atoms with E-state index in [-0.39, 0.29) is 56.9 Å². The number of nitrogens with zero attached hydrogens (tertiary/aromatic N) is 2. The molecule has 16 heavy (non-hydrogen) atoms. The average molecular weight is 252 g/mol. The van der Waals surface area contributed by atoms with Gasteiger partial charge in [-0.05, 0) is 25.5 Å². The average Bonchev–Trinajstić information content (AvgIpc) is 2.54. The van der Waals surface area contributed by atoms with Crippen molar-refractivity contribution < 1.29 is 64.3 Å². The van der Waals surface area contributed by atoms with E-state index in [9.17, 15) is 12.9 Å². The van der Waals surface area contributed by atoms with E-state index in [0.29, 0.717) is 0 Å². The van der Waals surface area contributed by atoms with Crippen LogP contribution in [0.4, 0.5) is 12.9 Å². The van der Waals surface area contributed by atoms with Crippen molar-refractivity contribution in [2.75, 3.05) is 0 Å². The fourth-order valence-corrected chi connectivity index (χ4v) is 1.55. The van der Waals surface area contributed by atoms with Gasteiger partial charge in [0, 0.05) is 17.4 Å². The van der Waals surface area contributed by atoms with Gasteiger partial charge >= 0.3 is 58.4 Å². The van der Waals surface area contributed by atoms with Crippen LogP contribution in [0.1, 0.15) is 11.3 Å². The molecule has 0 aliphatic carbocycles. The Balaban J connectivity index is 0.00000128. The number of hydrogen-bond donors (Lipinski definition) is 0. The van der Waals surface area contributed by atoms with Gasteiger partial charge < -0.3 is 12.9 Å². The molecule has 2 nitrogen and oxygen atoms in total. The Kier molecular flexibility index (Phi) is 4.29. The van der Waals surface area contributed by atoms with E-state index in [1.807, 2.05) is 6.92 Å². The molecule has 0 spiro atoms. The van der Waals surface area contributed by atoms with E-state index >= 15 is 0 Å². The molecular formula is C9H9BF3KN2. The van der Waals surface area contributed by atoms with Crippen LogP contribution in [-0.4, -0.2) is 16.6 Å². The van der Waals surface area contributed by atoms with Gasteiger partial charge in [-0.1, -0.05) is 11.5 Å². The quantitative estimate of drug-likeness (QED) is 0.596. The third-order valence-corrected chi connectivity index (χ3v) is 2.57. The van der Waals surface area contributed by atoms with Crippen molar-refractivity contribution in [1.82, 2.24) is 9.61 Å². The molecule has 0 saturated heterocycles. The zero-order valence-corrected chi connectivity index (χ0v) is 12.5. The summed E-state index contributed by atoms with van der Waals surface area (Å²) in [6.07, 6.45) is 0.891. The first kappa shape index (κ1) is 14.2. The van der Waals surface area contributed by atoms with Gasteiger partial charge in [0.25, 0.3) is 0 Å². The molecule has 0 atom stereocenters. The number of pyridine rings is 1. The predicted octanol–water partition coefficient (Wildman–Crippen LogP) is -0.990. The minimum atomic E-state index is -4.99. The van der Waals surface area contributed by atoms with Crippen molar-refractivity contribution >= 4 is 18.0 Å². The van der Waals surface area contributed by atoms with E-state index in [4.69, 9.17) is 0 Å². The van der Waals surface area contributed by atoms with Crippen LogP contribution in [0.15, 0.2) is 18.3 Å². The van der Waals surface area contributed by atoms with Crippen LogP contribution < -0.4 is 56.8 Å². The number of halogens is 3. The summed E-state index contributed by atoms with van der Waals surface area (Å²) in [7, 11) is 0. The smallest absolute Gasteiger partial charge is 0.445 e. The molecule has 0 aliphatic rings. The Morgan fingerprint density at radius 2 is 1.81 bits per heavy atom. The van der Waals surface area contributed by atoms with Crippen molar-refractivity contribution in [3.8, 4) is 0 Å². The Labute approximate surface area is 134 Å². The Bertz CT molecular complexity index is 521. The van der Waals surface area contributed by atoms with Crippen molar-refractivity contribution in [3.63, 3.8) is 0 Å².